The Kier molecular flexibility index (Phi) is 4.37. The first kappa shape index (κ1) is 16.0. The minimum Gasteiger partial charge on any atom is -0.326 e. The number of piperidine rings is 1. The van der Waals surface area contributed by atoms with Crippen molar-refractivity contribution >= 4 is 32.4 Å². The van der Waals surface area contributed by atoms with Crippen molar-refractivity contribution in [3.63, 3.8) is 0 Å². The van der Waals surface area contributed by atoms with Crippen LogP contribution in [0.15, 0.2) is 42.5 Å². The second-order valence-electron chi connectivity index (χ2n) is 6.01. The monoisotopic (exact) mass is 332 g/mol. The Hall–Kier alpha value is -1.92. The van der Waals surface area contributed by atoms with Crippen molar-refractivity contribution in [2.45, 2.75) is 12.8 Å². The maximum Gasteiger partial charge on any atom is 0.228 e. The fraction of sp³-hybridized carbons (Fsp3) is 0.353. The third-order valence-corrected chi connectivity index (χ3v) is 5.51. The van der Waals surface area contributed by atoms with Crippen LogP contribution in [0.4, 0.5) is 5.69 Å². The minimum atomic E-state index is -3.24. The lowest BCUT2D eigenvalue weighted by Crippen LogP contribution is -2.43. The van der Waals surface area contributed by atoms with Crippen LogP contribution >= 0.6 is 0 Å². The van der Waals surface area contributed by atoms with Crippen LogP contribution in [-0.2, 0) is 14.8 Å². The first-order valence-corrected chi connectivity index (χ1v) is 9.53. The molecular formula is C17H20N2O3S. The SMILES string of the molecule is CS(=O)(=O)N1CCCC(C(=O)Nc2ccc3ccccc3c2)C1. The van der Waals surface area contributed by atoms with Crippen LogP contribution in [0.3, 0.4) is 0 Å². The molecule has 122 valence electrons. The van der Waals surface area contributed by atoms with Gasteiger partial charge in [-0.15, -0.1) is 0 Å². The van der Waals surface area contributed by atoms with E-state index in [0.717, 1.165) is 16.5 Å². The number of anilines is 1. The number of fused-ring (bicyclic) bond motifs is 1. The third kappa shape index (κ3) is 3.71. The van der Waals surface area contributed by atoms with E-state index < -0.39 is 10.0 Å². The third-order valence-electron chi connectivity index (χ3n) is 4.24. The Balaban J connectivity index is 1.72. The van der Waals surface area contributed by atoms with Crippen molar-refractivity contribution in [1.29, 1.82) is 0 Å². The molecule has 2 aromatic carbocycles. The summed E-state index contributed by atoms with van der Waals surface area (Å²) in [6.45, 7) is 0.761. The molecule has 0 spiro atoms. The molecule has 0 saturated carbocycles. The van der Waals surface area contributed by atoms with E-state index in [9.17, 15) is 13.2 Å². The molecular weight excluding hydrogens is 312 g/mol. The minimum absolute atomic E-state index is 0.117. The summed E-state index contributed by atoms with van der Waals surface area (Å²) in [6.07, 6.45) is 2.62. The number of carbonyl (C=O) groups excluding carboxylic acids is 1. The molecule has 1 saturated heterocycles. The van der Waals surface area contributed by atoms with Gasteiger partial charge in [-0.2, -0.15) is 0 Å². The number of amides is 1. The fourth-order valence-electron chi connectivity index (χ4n) is 2.97. The molecule has 1 N–H and O–H groups in total. The number of hydrogen-bond donors (Lipinski definition) is 1. The topological polar surface area (TPSA) is 66.5 Å². The zero-order valence-corrected chi connectivity index (χ0v) is 13.8. The zero-order chi connectivity index (χ0) is 16.4. The van der Waals surface area contributed by atoms with Crippen LogP contribution < -0.4 is 5.32 Å². The molecule has 1 heterocycles. The van der Waals surface area contributed by atoms with Gasteiger partial charge in [-0.3, -0.25) is 4.79 Å². The van der Waals surface area contributed by atoms with Crippen molar-refractivity contribution in [2.24, 2.45) is 5.92 Å². The molecule has 1 aliphatic rings. The normalized spacial score (nSPS) is 19.6. The van der Waals surface area contributed by atoms with E-state index >= 15 is 0 Å². The summed E-state index contributed by atoms with van der Waals surface area (Å²) >= 11 is 0. The summed E-state index contributed by atoms with van der Waals surface area (Å²) in [5, 5.41) is 5.09. The number of hydrogen-bond acceptors (Lipinski definition) is 3. The number of carbonyl (C=O) groups is 1. The van der Waals surface area contributed by atoms with Gasteiger partial charge < -0.3 is 5.32 Å². The highest BCUT2D eigenvalue weighted by Crippen LogP contribution is 2.22. The number of rotatable bonds is 3. The van der Waals surface area contributed by atoms with Crippen LogP contribution in [0.25, 0.3) is 10.8 Å². The average molecular weight is 332 g/mol. The highest BCUT2D eigenvalue weighted by molar-refractivity contribution is 7.88. The molecule has 6 heteroatoms. The number of sulfonamides is 1. The molecule has 0 aromatic heterocycles. The van der Waals surface area contributed by atoms with E-state index in [2.05, 4.69) is 5.32 Å². The summed E-state index contributed by atoms with van der Waals surface area (Å²) in [5.41, 5.74) is 0.741. The van der Waals surface area contributed by atoms with Crippen molar-refractivity contribution in [1.82, 2.24) is 4.31 Å². The lowest BCUT2D eigenvalue weighted by atomic mass is 9.98. The molecule has 23 heavy (non-hydrogen) atoms. The predicted molar refractivity (Wildman–Crippen MR) is 91.7 cm³/mol. The van der Waals surface area contributed by atoms with E-state index in [4.69, 9.17) is 0 Å². The predicted octanol–water partition coefficient (Wildman–Crippen LogP) is 2.45. The fourth-order valence-corrected chi connectivity index (χ4v) is 3.88. The molecule has 1 aliphatic heterocycles. The highest BCUT2D eigenvalue weighted by atomic mass is 32.2. The molecule has 1 atom stereocenters. The molecule has 1 fully saturated rings. The second kappa shape index (κ2) is 6.29. The van der Waals surface area contributed by atoms with Crippen molar-refractivity contribution < 1.29 is 13.2 Å². The molecule has 0 bridgehead atoms. The lowest BCUT2D eigenvalue weighted by Gasteiger charge is -2.30. The van der Waals surface area contributed by atoms with Crippen LogP contribution in [0, 0.1) is 5.92 Å². The van der Waals surface area contributed by atoms with Gasteiger partial charge in [0.15, 0.2) is 0 Å². The van der Waals surface area contributed by atoms with Gasteiger partial charge >= 0.3 is 0 Å². The zero-order valence-electron chi connectivity index (χ0n) is 13.0. The molecule has 2 aromatic rings. The Morgan fingerprint density at radius 3 is 2.65 bits per heavy atom. The van der Waals surface area contributed by atoms with E-state index in [0.29, 0.717) is 19.4 Å². The first-order valence-electron chi connectivity index (χ1n) is 7.68. The van der Waals surface area contributed by atoms with Crippen LogP contribution in [-0.4, -0.2) is 38.0 Å². The lowest BCUT2D eigenvalue weighted by molar-refractivity contribution is -0.120. The van der Waals surface area contributed by atoms with Gasteiger partial charge in [0.1, 0.15) is 0 Å². The second-order valence-corrected chi connectivity index (χ2v) is 7.99. The van der Waals surface area contributed by atoms with Gasteiger partial charge in [-0.05, 0) is 35.7 Å². The average Bonchev–Trinajstić information content (AvgIpc) is 2.54. The largest absolute Gasteiger partial charge is 0.326 e. The van der Waals surface area contributed by atoms with E-state index in [-0.39, 0.29) is 18.4 Å². The maximum absolute atomic E-state index is 12.4. The molecule has 1 unspecified atom stereocenters. The summed E-state index contributed by atoms with van der Waals surface area (Å²) < 4.78 is 24.7. The van der Waals surface area contributed by atoms with Gasteiger partial charge in [0, 0.05) is 18.8 Å². The van der Waals surface area contributed by atoms with Crippen molar-refractivity contribution in [2.75, 3.05) is 24.7 Å². The van der Waals surface area contributed by atoms with Gasteiger partial charge in [0.05, 0.1) is 12.2 Å². The molecule has 0 radical (unpaired) electrons. The van der Waals surface area contributed by atoms with Crippen molar-refractivity contribution in [3.05, 3.63) is 42.5 Å². The van der Waals surface area contributed by atoms with Crippen molar-refractivity contribution in [3.8, 4) is 0 Å². The van der Waals surface area contributed by atoms with E-state index in [1.807, 2.05) is 42.5 Å². The Morgan fingerprint density at radius 1 is 1.17 bits per heavy atom. The molecule has 1 amide bonds. The maximum atomic E-state index is 12.4. The van der Waals surface area contributed by atoms with Gasteiger partial charge in [0.2, 0.25) is 15.9 Å². The van der Waals surface area contributed by atoms with Gasteiger partial charge in [0.25, 0.3) is 0 Å². The number of nitrogens with zero attached hydrogens (tertiary/aromatic N) is 1. The summed E-state index contributed by atoms with van der Waals surface area (Å²) in [7, 11) is -3.24. The molecule has 5 nitrogen and oxygen atoms in total. The van der Waals surface area contributed by atoms with Gasteiger partial charge in [-0.1, -0.05) is 30.3 Å². The standard InChI is InChI=1S/C17H20N2O3S/c1-23(21,22)19-10-4-7-15(12-19)17(20)18-16-9-8-13-5-2-3-6-14(13)11-16/h2-3,5-6,8-9,11,15H,4,7,10,12H2,1H3,(H,18,20). The number of nitrogens with one attached hydrogen (secondary N) is 1. The summed E-state index contributed by atoms with van der Waals surface area (Å²) in [4.78, 5) is 12.4. The molecule has 3 rings (SSSR count). The van der Waals surface area contributed by atoms with Crippen LogP contribution in [0.5, 0.6) is 0 Å². The summed E-state index contributed by atoms with van der Waals surface area (Å²) in [5.74, 6) is -0.418. The summed E-state index contributed by atoms with van der Waals surface area (Å²) in [6, 6.07) is 13.7. The smallest absolute Gasteiger partial charge is 0.228 e. The van der Waals surface area contributed by atoms with Crippen LogP contribution in [0.1, 0.15) is 12.8 Å². The Labute approximate surface area is 136 Å². The number of benzene rings is 2. The van der Waals surface area contributed by atoms with Crippen LogP contribution in [0.2, 0.25) is 0 Å². The Bertz CT molecular complexity index is 833. The van der Waals surface area contributed by atoms with E-state index in [1.54, 1.807) is 0 Å². The van der Waals surface area contributed by atoms with E-state index in [1.165, 1.54) is 10.6 Å². The highest BCUT2D eigenvalue weighted by Gasteiger charge is 2.30. The first-order chi connectivity index (χ1) is 10.9. The Morgan fingerprint density at radius 2 is 1.91 bits per heavy atom. The quantitative estimate of drug-likeness (QED) is 0.939. The van der Waals surface area contributed by atoms with Gasteiger partial charge in [-0.25, -0.2) is 12.7 Å². The molecule has 0 aliphatic carbocycles.